The monoisotopic (exact) mass is 401 g/mol. The highest BCUT2D eigenvalue weighted by Gasteiger charge is 2.62. The Morgan fingerprint density at radius 1 is 1.04 bits per heavy atom. The molecular weight excluding hydrogens is 381 g/mol. The molecule has 0 bridgehead atoms. The van der Waals surface area contributed by atoms with Crippen LogP contribution in [0, 0.1) is 5.82 Å². The third-order valence-corrected chi connectivity index (χ3v) is 4.89. The van der Waals surface area contributed by atoms with Gasteiger partial charge in [-0.25, -0.2) is 4.39 Å². The van der Waals surface area contributed by atoms with Crippen LogP contribution in [0.15, 0.2) is 18.2 Å². The Balaban J connectivity index is 1.57. The summed E-state index contributed by atoms with van der Waals surface area (Å²) in [5.74, 6) is -2.81. The molecule has 5 atom stereocenters. The fourth-order valence-corrected chi connectivity index (χ4v) is 3.79. The second kappa shape index (κ2) is 6.37. The van der Waals surface area contributed by atoms with Crippen LogP contribution in [-0.2, 0) is 28.5 Å². The van der Waals surface area contributed by atoms with Gasteiger partial charge in [-0.3, -0.25) is 4.79 Å². The normalized spacial score (nSPS) is 36.1. The van der Waals surface area contributed by atoms with Gasteiger partial charge in [0.1, 0.15) is 24.1 Å². The van der Waals surface area contributed by atoms with E-state index in [0.29, 0.717) is 5.69 Å². The number of hydrogen-bond donors (Lipinski definition) is 1. The van der Waals surface area contributed by atoms with Gasteiger partial charge in [0.05, 0.1) is 5.02 Å². The Morgan fingerprint density at radius 2 is 1.67 bits per heavy atom. The molecule has 0 radical (unpaired) electrons. The summed E-state index contributed by atoms with van der Waals surface area (Å²) in [4.78, 5) is 12.9. The molecular formula is C18H21ClFNO6. The van der Waals surface area contributed by atoms with Crippen molar-refractivity contribution in [2.45, 2.75) is 70.0 Å². The summed E-state index contributed by atoms with van der Waals surface area (Å²) >= 11 is 5.78. The highest BCUT2D eigenvalue weighted by atomic mass is 35.5. The number of amides is 1. The number of fused-ring (bicyclic) bond motifs is 3. The van der Waals surface area contributed by atoms with E-state index in [-0.39, 0.29) is 5.02 Å². The van der Waals surface area contributed by atoms with Crippen molar-refractivity contribution >= 4 is 23.2 Å². The van der Waals surface area contributed by atoms with Crippen molar-refractivity contribution in [3.8, 4) is 0 Å². The van der Waals surface area contributed by atoms with Gasteiger partial charge in [-0.2, -0.15) is 0 Å². The molecule has 3 fully saturated rings. The molecule has 1 N–H and O–H groups in total. The van der Waals surface area contributed by atoms with Gasteiger partial charge in [-0.1, -0.05) is 11.6 Å². The van der Waals surface area contributed by atoms with Crippen LogP contribution in [-0.4, -0.2) is 48.2 Å². The van der Waals surface area contributed by atoms with Crippen LogP contribution < -0.4 is 5.32 Å². The Bertz CT molecular complexity index is 772. The smallest absolute Gasteiger partial charge is 0.256 e. The summed E-state index contributed by atoms with van der Waals surface area (Å²) < 4.78 is 42.7. The topological polar surface area (TPSA) is 75.3 Å². The average Bonchev–Trinajstić information content (AvgIpc) is 3.04. The van der Waals surface area contributed by atoms with E-state index >= 15 is 0 Å². The quantitative estimate of drug-likeness (QED) is 0.821. The first kappa shape index (κ1) is 19.0. The molecule has 3 saturated heterocycles. The zero-order valence-electron chi connectivity index (χ0n) is 15.3. The van der Waals surface area contributed by atoms with E-state index in [2.05, 4.69) is 5.32 Å². The Kier molecular flexibility index (Phi) is 4.49. The standard InChI is InChI=1S/C18H21ClFNO6/c1-17(2)24-11-12(25-17)14-16(27-18(3,4)26-14)23-13(11)15(22)21-8-5-6-10(20)9(19)7-8/h5-7,11-14,16H,1-4H3,(H,21,22). The summed E-state index contributed by atoms with van der Waals surface area (Å²) in [7, 11) is 0. The lowest BCUT2D eigenvalue weighted by molar-refractivity contribution is -0.229. The number of halogens is 2. The molecule has 0 saturated carbocycles. The molecule has 27 heavy (non-hydrogen) atoms. The second-order valence-electron chi connectivity index (χ2n) is 7.71. The Morgan fingerprint density at radius 3 is 2.37 bits per heavy atom. The summed E-state index contributed by atoms with van der Waals surface area (Å²) in [6.45, 7) is 7.05. The zero-order chi connectivity index (χ0) is 19.6. The lowest BCUT2D eigenvalue weighted by atomic mass is 9.98. The minimum Gasteiger partial charge on any atom is -0.342 e. The molecule has 0 aromatic heterocycles. The molecule has 3 aliphatic heterocycles. The molecule has 3 heterocycles. The van der Waals surface area contributed by atoms with Gasteiger partial charge in [0.15, 0.2) is 24.0 Å². The fraction of sp³-hybridized carbons (Fsp3) is 0.611. The third kappa shape index (κ3) is 3.57. The van der Waals surface area contributed by atoms with Crippen LogP contribution in [0.1, 0.15) is 27.7 Å². The van der Waals surface area contributed by atoms with E-state index in [4.69, 9.17) is 35.3 Å². The predicted octanol–water partition coefficient (Wildman–Crippen LogP) is 2.81. The second-order valence-corrected chi connectivity index (χ2v) is 8.12. The van der Waals surface area contributed by atoms with E-state index in [1.807, 2.05) is 0 Å². The van der Waals surface area contributed by atoms with E-state index in [0.717, 1.165) is 0 Å². The molecule has 5 unspecified atom stereocenters. The first-order valence-corrected chi connectivity index (χ1v) is 9.05. The van der Waals surface area contributed by atoms with Crippen LogP contribution in [0.5, 0.6) is 0 Å². The lowest BCUT2D eigenvalue weighted by Gasteiger charge is -2.36. The van der Waals surface area contributed by atoms with Crippen LogP contribution in [0.25, 0.3) is 0 Å². The van der Waals surface area contributed by atoms with Crippen molar-refractivity contribution in [1.82, 2.24) is 0 Å². The molecule has 7 nitrogen and oxygen atoms in total. The molecule has 9 heteroatoms. The minimum atomic E-state index is -1.00. The summed E-state index contributed by atoms with van der Waals surface area (Å²) in [5, 5.41) is 2.58. The van der Waals surface area contributed by atoms with Crippen molar-refractivity contribution in [3.05, 3.63) is 29.0 Å². The molecule has 148 valence electrons. The fourth-order valence-electron chi connectivity index (χ4n) is 3.61. The Labute approximate surface area is 161 Å². The maximum absolute atomic E-state index is 13.3. The molecule has 0 aliphatic carbocycles. The number of anilines is 1. The molecule has 1 aromatic rings. The summed E-state index contributed by atoms with van der Waals surface area (Å²) in [5.41, 5.74) is 0.343. The van der Waals surface area contributed by atoms with E-state index < -0.39 is 54.0 Å². The number of rotatable bonds is 2. The van der Waals surface area contributed by atoms with Crippen molar-refractivity contribution < 1.29 is 32.9 Å². The highest BCUT2D eigenvalue weighted by Crippen LogP contribution is 2.44. The number of hydrogen-bond acceptors (Lipinski definition) is 6. The van der Waals surface area contributed by atoms with Crippen LogP contribution in [0.3, 0.4) is 0 Å². The number of nitrogens with one attached hydrogen (secondary N) is 1. The van der Waals surface area contributed by atoms with Crippen molar-refractivity contribution in [1.29, 1.82) is 0 Å². The number of ether oxygens (including phenoxy) is 5. The molecule has 0 spiro atoms. The third-order valence-electron chi connectivity index (χ3n) is 4.60. The van der Waals surface area contributed by atoms with Gasteiger partial charge in [-0.15, -0.1) is 0 Å². The molecule has 1 aromatic carbocycles. The van der Waals surface area contributed by atoms with Crippen molar-refractivity contribution in [2.24, 2.45) is 0 Å². The largest absolute Gasteiger partial charge is 0.342 e. The minimum absolute atomic E-state index is 0.0915. The molecule has 4 rings (SSSR count). The van der Waals surface area contributed by atoms with Crippen molar-refractivity contribution in [3.63, 3.8) is 0 Å². The maximum atomic E-state index is 13.3. The van der Waals surface area contributed by atoms with E-state index in [1.165, 1.54) is 18.2 Å². The van der Waals surface area contributed by atoms with Crippen LogP contribution in [0.2, 0.25) is 5.02 Å². The number of benzene rings is 1. The number of carbonyl (C=O) groups is 1. The first-order valence-electron chi connectivity index (χ1n) is 8.67. The Hall–Kier alpha value is -1.29. The average molecular weight is 402 g/mol. The lowest BCUT2D eigenvalue weighted by Crippen LogP contribution is -2.58. The van der Waals surface area contributed by atoms with Crippen molar-refractivity contribution in [2.75, 3.05) is 5.32 Å². The molecule has 3 aliphatic rings. The van der Waals surface area contributed by atoms with Gasteiger partial charge in [0.2, 0.25) is 0 Å². The van der Waals surface area contributed by atoms with Gasteiger partial charge in [-0.05, 0) is 45.9 Å². The summed E-state index contributed by atoms with van der Waals surface area (Å²) in [6, 6.07) is 3.91. The van der Waals surface area contributed by atoms with Gasteiger partial charge < -0.3 is 29.0 Å². The SMILES string of the molecule is CC1(C)OC2OC(C(=O)Nc3ccc(F)c(Cl)c3)C3OC(C)(C)OC3C2O1. The molecule has 1 amide bonds. The predicted molar refractivity (Wildman–Crippen MR) is 92.6 cm³/mol. The van der Waals surface area contributed by atoms with E-state index in [1.54, 1.807) is 27.7 Å². The summed E-state index contributed by atoms with van der Waals surface area (Å²) in [6.07, 6.45) is -3.51. The van der Waals surface area contributed by atoms with Gasteiger partial charge in [0, 0.05) is 5.69 Å². The van der Waals surface area contributed by atoms with E-state index in [9.17, 15) is 9.18 Å². The zero-order valence-corrected chi connectivity index (χ0v) is 16.1. The van der Waals surface area contributed by atoms with Crippen LogP contribution in [0.4, 0.5) is 10.1 Å². The first-order chi connectivity index (χ1) is 12.5. The van der Waals surface area contributed by atoms with Gasteiger partial charge in [0.25, 0.3) is 5.91 Å². The number of carbonyl (C=O) groups excluding carboxylic acids is 1. The maximum Gasteiger partial charge on any atom is 0.256 e. The highest BCUT2D eigenvalue weighted by molar-refractivity contribution is 6.31. The van der Waals surface area contributed by atoms with Gasteiger partial charge >= 0.3 is 0 Å². The van der Waals surface area contributed by atoms with Crippen LogP contribution >= 0.6 is 11.6 Å².